The van der Waals surface area contributed by atoms with Gasteiger partial charge in [-0.05, 0) is 93.9 Å². The smallest absolute Gasteiger partial charge is 0.00206 e. The molecule has 0 amide bonds. The standard InChI is InChI=1S/C44H34/c1-44(2,3)39-27-37-21-20-34-22-24-40(41-25-23-38(28-39)42(37)43(34)41)33-18-16-32(17-19-33)36-11-7-10-35(26-36)31-14-12-30(13-15-31)29-8-5-4-6-9-29/h4-28H,1-3H3. The molecule has 0 atom stereocenters. The van der Waals surface area contributed by atoms with Gasteiger partial charge in [0.15, 0.2) is 0 Å². The van der Waals surface area contributed by atoms with Crippen LogP contribution in [0.1, 0.15) is 26.3 Å². The summed E-state index contributed by atoms with van der Waals surface area (Å²) < 4.78 is 0. The van der Waals surface area contributed by atoms with Crippen molar-refractivity contribution in [2.24, 2.45) is 0 Å². The minimum Gasteiger partial charge on any atom is -0.0622 e. The lowest BCUT2D eigenvalue weighted by Crippen LogP contribution is -2.10. The molecular weight excluding hydrogens is 528 g/mol. The molecule has 210 valence electrons. The van der Waals surface area contributed by atoms with E-state index in [4.69, 9.17) is 0 Å². The number of benzene rings is 8. The molecular formula is C44H34. The van der Waals surface area contributed by atoms with Crippen LogP contribution in [0.3, 0.4) is 0 Å². The summed E-state index contributed by atoms with van der Waals surface area (Å²) in [5.74, 6) is 0. The third-order valence-corrected chi connectivity index (χ3v) is 9.18. The lowest BCUT2D eigenvalue weighted by molar-refractivity contribution is 0.591. The Balaban J connectivity index is 1.14. The van der Waals surface area contributed by atoms with Gasteiger partial charge < -0.3 is 0 Å². The van der Waals surface area contributed by atoms with E-state index in [-0.39, 0.29) is 5.41 Å². The largest absolute Gasteiger partial charge is 0.0622 e. The van der Waals surface area contributed by atoms with Gasteiger partial charge in [-0.2, -0.15) is 0 Å². The van der Waals surface area contributed by atoms with Crippen molar-refractivity contribution in [1.82, 2.24) is 0 Å². The number of rotatable bonds is 4. The summed E-state index contributed by atoms with van der Waals surface area (Å²) in [6, 6.07) is 55.9. The number of hydrogen-bond acceptors (Lipinski definition) is 0. The minimum atomic E-state index is 0.115. The molecule has 0 radical (unpaired) electrons. The molecule has 0 heteroatoms. The molecule has 8 aromatic carbocycles. The van der Waals surface area contributed by atoms with Crippen LogP contribution in [0.4, 0.5) is 0 Å². The van der Waals surface area contributed by atoms with Crippen LogP contribution in [0.2, 0.25) is 0 Å². The van der Waals surface area contributed by atoms with Gasteiger partial charge in [-0.25, -0.2) is 0 Å². The quantitative estimate of drug-likeness (QED) is 0.187. The van der Waals surface area contributed by atoms with E-state index in [1.165, 1.54) is 82.4 Å². The molecule has 0 spiro atoms. The van der Waals surface area contributed by atoms with Crippen LogP contribution in [0, 0.1) is 0 Å². The van der Waals surface area contributed by atoms with Crippen molar-refractivity contribution in [3.05, 3.63) is 157 Å². The second-order valence-corrected chi connectivity index (χ2v) is 13.0. The molecule has 44 heavy (non-hydrogen) atoms. The predicted molar refractivity (Wildman–Crippen MR) is 191 cm³/mol. The molecule has 8 aromatic rings. The summed E-state index contributed by atoms with van der Waals surface area (Å²) in [5, 5.41) is 8.02. The highest BCUT2D eigenvalue weighted by atomic mass is 14.2. The zero-order valence-electron chi connectivity index (χ0n) is 25.4. The van der Waals surface area contributed by atoms with Crippen LogP contribution in [-0.4, -0.2) is 0 Å². The van der Waals surface area contributed by atoms with Crippen molar-refractivity contribution in [3.8, 4) is 44.5 Å². The molecule has 0 aromatic heterocycles. The molecule has 0 nitrogen and oxygen atoms in total. The molecule has 0 bridgehead atoms. The van der Waals surface area contributed by atoms with E-state index in [0.29, 0.717) is 0 Å². The Morgan fingerprint density at radius 3 is 1.43 bits per heavy atom. The Kier molecular flexibility index (Phi) is 6.13. The Morgan fingerprint density at radius 1 is 0.341 bits per heavy atom. The summed E-state index contributed by atoms with van der Waals surface area (Å²) in [6.07, 6.45) is 0. The fraction of sp³-hybridized carbons (Fsp3) is 0.0909. The van der Waals surface area contributed by atoms with Gasteiger partial charge in [0.2, 0.25) is 0 Å². The Labute approximate surface area is 259 Å². The summed E-state index contributed by atoms with van der Waals surface area (Å²) in [5.41, 5.74) is 11.4. The van der Waals surface area contributed by atoms with E-state index in [2.05, 4.69) is 172 Å². The molecule has 0 aliphatic rings. The molecule has 8 rings (SSSR count). The third-order valence-electron chi connectivity index (χ3n) is 9.18. The normalized spacial score (nSPS) is 12.0. The lowest BCUT2D eigenvalue weighted by Gasteiger charge is -2.22. The van der Waals surface area contributed by atoms with Crippen molar-refractivity contribution in [1.29, 1.82) is 0 Å². The van der Waals surface area contributed by atoms with E-state index >= 15 is 0 Å². The van der Waals surface area contributed by atoms with Crippen molar-refractivity contribution in [2.45, 2.75) is 26.2 Å². The summed E-state index contributed by atoms with van der Waals surface area (Å²) >= 11 is 0. The van der Waals surface area contributed by atoms with Crippen molar-refractivity contribution in [2.75, 3.05) is 0 Å². The Morgan fingerprint density at radius 2 is 0.818 bits per heavy atom. The first-order valence-electron chi connectivity index (χ1n) is 15.5. The second kappa shape index (κ2) is 10.2. The van der Waals surface area contributed by atoms with Gasteiger partial charge in [0.25, 0.3) is 0 Å². The summed E-state index contributed by atoms with van der Waals surface area (Å²) in [4.78, 5) is 0. The van der Waals surface area contributed by atoms with Gasteiger partial charge in [-0.3, -0.25) is 0 Å². The topological polar surface area (TPSA) is 0 Å². The average molecular weight is 563 g/mol. The second-order valence-electron chi connectivity index (χ2n) is 13.0. The summed E-state index contributed by atoms with van der Waals surface area (Å²) in [7, 11) is 0. The van der Waals surface area contributed by atoms with Crippen LogP contribution in [0.5, 0.6) is 0 Å². The highest BCUT2D eigenvalue weighted by Gasteiger charge is 2.18. The van der Waals surface area contributed by atoms with Crippen LogP contribution >= 0.6 is 0 Å². The zero-order chi connectivity index (χ0) is 29.8. The van der Waals surface area contributed by atoms with Gasteiger partial charge in [0.05, 0.1) is 0 Å². The van der Waals surface area contributed by atoms with Gasteiger partial charge >= 0.3 is 0 Å². The van der Waals surface area contributed by atoms with E-state index < -0.39 is 0 Å². The van der Waals surface area contributed by atoms with Crippen molar-refractivity contribution in [3.63, 3.8) is 0 Å². The fourth-order valence-corrected chi connectivity index (χ4v) is 6.71. The molecule has 0 aliphatic carbocycles. The predicted octanol–water partition coefficient (Wildman–Crippen LogP) is 12.5. The molecule has 0 heterocycles. The van der Waals surface area contributed by atoms with E-state index in [0.717, 1.165) is 0 Å². The van der Waals surface area contributed by atoms with E-state index in [1.807, 2.05) is 0 Å². The average Bonchev–Trinajstić information content (AvgIpc) is 3.07. The fourth-order valence-electron chi connectivity index (χ4n) is 6.71. The zero-order valence-corrected chi connectivity index (χ0v) is 25.4. The molecule has 0 fully saturated rings. The highest BCUT2D eigenvalue weighted by Crippen LogP contribution is 2.41. The highest BCUT2D eigenvalue weighted by molar-refractivity contribution is 6.25. The van der Waals surface area contributed by atoms with E-state index in [1.54, 1.807) is 0 Å². The number of hydrogen-bond donors (Lipinski definition) is 0. The SMILES string of the molecule is CC(C)(C)c1cc2ccc3ccc(-c4ccc(-c5cccc(-c6ccc(-c7ccccc7)cc6)c5)cc4)c4ccc(c1)c2c34. The van der Waals surface area contributed by atoms with E-state index in [9.17, 15) is 0 Å². The Hall–Kier alpha value is -5.20. The maximum Gasteiger partial charge on any atom is -0.00206 e. The third kappa shape index (κ3) is 4.55. The first kappa shape index (κ1) is 26.4. The lowest BCUT2D eigenvalue weighted by atomic mass is 9.82. The van der Waals surface area contributed by atoms with Gasteiger partial charge in [0.1, 0.15) is 0 Å². The summed E-state index contributed by atoms with van der Waals surface area (Å²) in [6.45, 7) is 6.88. The van der Waals surface area contributed by atoms with Crippen LogP contribution in [0.15, 0.2) is 152 Å². The first-order chi connectivity index (χ1) is 21.4. The van der Waals surface area contributed by atoms with Gasteiger partial charge in [-0.1, -0.05) is 166 Å². The molecule has 0 saturated carbocycles. The molecule has 0 saturated heterocycles. The first-order valence-corrected chi connectivity index (χ1v) is 15.5. The van der Waals surface area contributed by atoms with Gasteiger partial charge in [-0.15, -0.1) is 0 Å². The van der Waals surface area contributed by atoms with Gasteiger partial charge in [0, 0.05) is 0 Å². The van der Waals surface area contributed by atoms with Crippen molar-refractivity contribution >= 4 is 32.3 Å². The monoisotopic (exact) mass is 562 g/mol. The molecule has 0 unspecified atom stereocenters. The maximum absolute atomic E-state index is 2.38. The van der Waals surface area contributed by atoms with Crippen LogP contribution in [-0.2, 0) is 5.41 Å². The van der Waals surface area contributed by atoms with Crippen LogP contribution < -0.4 is 0 Å². The maximum atomic E-state index is 2.38. The molecule has 0 N–H and O–H groups in total. The van der Waals surface area contributed by atoms with Crippen molar-refractivity contribution < 1.29 is 0 Å². The Bertz CT molecular complexity index is 2240. The minimum absolute atomic E-state index is 0.115. The van der Waals surface area contributed by atoms with Crippen LogP contribution in [0.25, 0.3) is 76.8 Å². The molecule has 0 aliphatic heterocycles.